The summed E-state index contributed by atoms with van der Waals surface area (Å²) in [5.41, 5.74) is -5.27. The topological polar surface area (TPSA) is 187 Å². The highest BCUT2D eigenvalue weighted by molar-refractivity contribution is 6.03. The lowest BCUT2D eigenvalue weighted by molar-refractivity contribution is -0.262. The van der Waals surface area contributed by atoms with Crippen molar-refractivity contribution in [2.75, 3.05) is 20.3 Å². The number of hydrogen-bond acceptors (Lipinski definition) is 13. The van der Waals surface area contributed by atoms with E-state index in [4.69, 9.17) is 38.6 Å². The number of carbonyl (C=O) groups is 6. The van der Waals surface area contributed by atoms with E-state index in [9.17, 15) is 33.9 Å². The van der Waals surface area contributed by atoms with Gasteiger partial charge in [-0.25, -0.2) is 4.79 Å². The van der Waals surface area contributed by atoms with Crippen molar-refractivity contribution in [1.29, 1.82) is 0 Å². The van der Waals surface area contributed by atoms with Gasteiger partial charge in [0.1, 0.15) is 30.3 Å². The van der Waals surface area contributed by atoms with Gasteiger partial charge in [0.25, 0.3) is 0 Å². The molecule has 1 aliphatic rings. The van der Waals surface area contributed by atoms with Crippen LogP contribution in [0.25, 0.3) is 0 Å². The van der Waals surface area contributed by atoms with E-state index in [1.54, 1.807) is 37.3 Å². The molecular formula is C44H60O14. The Morgan fingerprint density at radius 2 is 1.22 bits per heavy atom. The molecule has 1 N–H and O–H groups in total. The van der Waals surface area contributed by atoms with Crippen LogP contribution in [0.15, 0.2) is 42.5 Å². The molecule has 14 heteroatoms. The highest BCUT2D eigenvalue weighted by atomic mass is 16.7. The number of methoxy groups -OCH3 is 1. The van der Waals surface area contributed by atoms with Gasteiger partial charge in [0, 0.05) is 23.0 Å². The third kappa shape index (κ3) is 12.0. The fourth-order valence-electron chi connectivity index (χ4n) is 5.46. The van der Waals surface area contributed by atoms with Crippen LogP contribution in [0.4, 0.5) is 0 Å². The Morgan fingerprint density at radius 1 is 0.724 bits per heavy atom. The van der Waals surface area contributed by atoms with Crippen molar-refractivity contribution in [2.24, 2.45) is 21.7 Å². The molecule has 1 saturated heterocycles. The average Bonchev–Trinajstić information content (AvgIpc) is 3.25. The van der Waals surface area contributed by atoms with E-state index >= 15 is 0 Å². The Bertz CT molecular complexity index is 1930. The SMILES string of the molecule is [2H]CC(C)(C)C(=O)OC[C@H]1OC(c2cc(C(=O)C(C)c3ccccc3)c(OCC(=O)O)cc2OC)[C@H](OC(=O)C(C)(C)C[2H])[C@@H](OC(=O)C(C)(C)C[2H])[C@@H]1OC(=O)C(C)(C)C[2H]. The van der Waals surface area contributed by atoms with Crippen molar-refractivity contribution in [3.05, 3.63) is 59.2 Å². The average molecular weight is 817 g/mol. The highest BCUT2D eigenvalue weighted by Gasteiger charge is 2.55. The number of hydrogen-bond donors (Lipinski definition) is 1. The number of Topliss-reactive ketones (excluding diaryl/α,β-unsaturated/α-hetero) is 1. The van der Waals surface area contributed by atoms with E-state index in [0.29, 0.717) is 5.56 Å². The van der Waals surface area contributed by atoms with Crippen LogP contribution in [-0.2, 0) is 47.7 Å². The van der Waals surface area contributed by atoms with Crippen LogP contribution in [0, 0.1) is 21.7 Å². The number of carbonyl (C=O) groups excluding carboxylic acids is 5. The molecule has 6 atom stereocenters. The van der Waals surface area contributed by atoms with Crippen LogP contribution in [-0.4, -0.2) is 85.5 Å². The number of rotatable bonds is 13. The zero-order valence-electron chi connectivity index (χ0n) is 39.0. The molecule has 14 nitrogen and oxygen atoms in total. The van der Waals surface area contributed by atoms with E-state index in [-0.39, 0.29) is 29.5 Å². The molecule has 3 rings (SSSR count). The minimum Gasteiger partial charge on any atom is -0.496 e. The first-order chi connectivity index (χ1) is 28.8. The summed E-state index contributed by atoms with van der Waals surface area (Å²) in [6.45, 7) is 9.92. The van der Waals surface area contributed by atoms with Gasteiger partial charge in [-0.2, -0.15) is 0 Å². The standard InChI is InChI=1S/C44H60O14/c1-24(25-18-16-15-17-19-25)32(47)26-20-27(28(52-14)21-29(26)53-23-31(45)46)33-35(57-39(50)43(8,9)10)36(58-40(51)44(11,12)13)34(56-38(49)42(5,6)7)30(55-33)22-54-37(48)41(2,3)4/h15-21,24,30,33-36H,22-23H2,1-14H3,(H,45,46)/t24?,30-,33?,34-,35+,36+/m1/s1/i2D,5D,8D,11D. The predicted molar refractivity (Wildman–Crippen MR) is 211 cm³/mol. The molecule has 2 unspecified atom stereocenters. The largest absolute Gasteiger partial charge is 0.496 e. The summed E-state index contributed by atoms with van der Waals surface area (Å²) in [6, 6.07) is 11.3. The fourth-order valence-corrected chi connectivity index (χ4v) is 5.46. The van der Waals surface area contributed by atoms with Gasteiger partial charge < -0.3 is 38.3 Å². The first-order valence-electron chi connectivity index (χ1n) is 21.4. The molecule has 1 heterocycles. The quantitative estimate of drug-likeness (QED) is 0.123. The molecule has 0 bridgehead atoms. The van der Waals surface area contributed by atoms with E-state index in [0.717, 1.165) is 0 Å². The minimum absolute atomic E-state index is 0.0276. The number of ether oxygens (including phenoxy) is 7. The van der Waals surface area contributed by atoms with Crippen molar-refractivity contribution in [1.82, 2.24) is 0 Å². The maximum atomic E-state index is 14.4. The monoisotopic (exact) mass is 816 g/mol. The van der Waals surface area contributed by atoms with Crippen LogP contribution < -0.4 is 9.47 Å². The molecule has 0 aliphatic carbocycles. The van der Waals surface area contributed by atoms with Crippen LogP contribution in [0.1, 0.15) is 129 Å². The Hall–Kier alpha value is -4.98. The molecule has 58 heavy (non-hydrogen) atoms. The third-order valence-corrected chi connectivity index (χ3v) is 8.90. The second kappa shape index (κ2) is 18.3. The molecule has 0 spiro atoms. The van der Waals surface area contributed by atoms with Crippen molar-refractivity contribution in [3.63, 3.8) is 0 Å². The van der Waals surface area contributed by atoms with Crippen LogP contribution in [0.3, 0.4) is 0 Å². The first kappa shape index (κ1) is 41.2. The maximum Gasteiger partial charge on any atom is 0.341 e. The van der Waals surface area contributed by atoms with Gasteiger partial charge in [0.05, 0.1) is 34.3 Å². The Morgan fingerprint density at radius 3 is 1.72 bits per heavy atom. The second-order valence-electron chi connectivity index (χ2n) is 17.1. The van der Waals surface area contributed by atoms with E-state index in [1.165, 1.54) is 74.6 Å². The summed E-state index contributed by atoms with van der Waals surface area (Å²) in [4.78, 5) is 81.3. The number of esters is 4. The molecule has 1 fully saturated rings. The summed E-state index contributed by atoms with van der Waals surface area (Å²) >= 11 is 0. The molecular weight excluding hydrogens is 752 g/mol. The molecule has 0 amide bonds. The second-order valence-corrected chi connectivity index (χ2v) is 17.1. The molecule has 320 valence electrons. The van der Waals surface area contributed by atoms with E-state index in [2.05, 4.69) is 0 Å². The number of carboxylic acid groups (broad SMARTS) is 1. The van der Waals surface area contributed by atoms with Crippen molar-refractivity contribution < 1.29 is 72.5 Å². The van der Waals surface area contributed by atoms with Crippen LogP contribution >= 0.6 is 0 Å². The smallest absolute Gasteiger partial charge is 0.341 e. The van der Waals surface area contributed by atoms with Gasteiger partial charge >= 0.3 is 29.8 Å². The van der Waals surface area contributed by atoms with Gasteiger partial charge in [-0.15, -0.1) is 0 Å². The minimum atomic E-state index is -1.81. The lowest BCUT2D eigenvalue weighted by Gasteiger charge is -2.46. The van der Waals surface area contributed by atoms with Crippen molar-refractivity contribution in [2.45, 2.75) is 126 Å². The third-order valence-electron chi connectivity index (χ3n) is 8.90. The Labute approximate surface area is 346 Å². The van der Waals surface area contributed by atoms with Crippen LogP contribution in [0.2, 0.25) is 0 Å². The fraction of sp³-hybridized carbons (Fsp3) is 0.591. The van der Waals surface area contributed by atoms with Crippen LogP contribution in [0.5, 0.6) is 11.5 Å². The zero-order valence-corrected chi connectivity index (χ0v) is 35.0. The molecule has 0 saturated carbocycles. The highest BCUT2D eigenvalue weighted by Crippen LogP contribution is 2.45. The number of benzene rings is 2. The molecule has 2 aromatic rings. The summed E-state index contributed by atoms with van der Waals surface area (Å²) < 4.78 is 74.1. The number of carboxylic acids is 1. The van der Waals surface area contributed by atoms with Gasteiger partial charge in [-0.3, -0.25) is 24.0 Å². The van der Waals surface area contributed by atoms with Gasteiger partial charge in [0.2, 0.25) is 0 Å². The molecule has 0 aromatic heterocycles. The predicted octanol–water partition coefficient (Wildman–Crippen LogP) is 7.05. The lowest BCUT2D eigenvalue weighted by Crippen LogP contribution is -2.61. The Kier molecular flexibility index (Phi) is 13.0. The summed E-state index contributed by atoms with van der Waals surface area (Å²) in [7, 11) is 1.25. The van der Waals surface area contributed by atoms with Gasteiger partial charge in [0.15, 0.2) is 30.7 Å². The van der Waals surface area contributed by atoms with E-state index < -0.39 is 128 Å². The van der Waals surface area contributed by atoms with Gasteiger partial charge in [-0.05, 0) is 94.6 Å². The van der Waals surface area contributed by atoms with Gasteiger partial charge in [-0.1, -0.05) is 37.3 Å². The summed E-state index contributed by atoms with van der Waals surface area (Å²) in [6.07, 6.45) is -8.52. The molecule has 1 aliphatic heterocycles. The Balaban J connectivity index is 2.48. The van der Waals surface area contributed by atoms with Crippen molar-refractivity contribution in [3.8, 4) is 11.5 Å². The summed E-state index contributed by atoms with van der Waals surface area (Å²) in [5, 5.41) is 9.53. The van der Waals surface area contributed by atoms with Crippen molar-refractivity contribution >= 4 is 35.6 Å². The maximum absolute atomic E-state index is 14.4. The molecule has 0 radical (unpaired) electrons. The van der Waals surface area contributed by atoms with E-state index in [1.807, 2.05) is 0 Å². The lowest BCUT2D eigenvalue weighted by atomic mass is 9.86. The zero-order chi connectivity index (χ0) is 47.0. The summed E-state index contributed by atoms with van der Waals surface area (Å²) in [5.74, 6) is -6.72. The first-order valence-corrected chi connectivity index (χ1v) is 18.6. The molecule has 2 aromatic carbocycles. The normalized spacial score (nSPS) is 21.4. The number of ketones is 1. The number of aliphatic carboxylic acids is 1.